The van der Waals surface area contributed by atoms with Crippen molar-refractivity contribution in [1.82, 2.24) is 15.0 Å². The normalized spacial score (nSPS) is 15.6. The minimum Gasteiger partial charge on any atom is -0.360 e. The number of carbonyl (C=O) groups excluding carboxylic acids is 2. The van der Waals surface area contributed by atoms with Gasteiger partial charge in [-0.05, 0) is 43.5 Å². The highest BCUT2D eigenvalue weighted by atomic mass is 16.5. The number of amides is 2. The monoisotopic (exact) mass is 461 g/mol. The van der Waals surface area contributed by atoms with Crippen molar-refractivity contribution >= 4 is 23.3 Å². The van der Waals surface area contributed by atoms with Crippen LogP contribution in [-0.2, 0) is 9.59 Å². The summed E-state index contributed by atoms with van der Waals surface area (Å²) in [6, 6.07) is 16.9. The summed E-state index contributed by atoms with van der Waals surface area (Å²) in [6.45, 7) is 8.88. The topological polar surface area (TPSA) is 90.7 Å². The molecule has 1 aliphatic heterocycles. The van der Waals surface area contributed by atoms with Crippen molar-refractivity contribution in [3.63, 3.8) is 0 Å². The number of hydrogen-bond donors (Lipinski definition) is 2. The standard InChI is InChI=1S/C26H31N5O3/c1-18-8-7-11-22(20(18)3)27-24(32)17-30-12-14-31(15-13-30)25(21-9-5-4-6-10-21)26(33)28-23-16-19(2)34-29-23/h4-11,16,25H,12-15,17H2,1-3H3,(H,27,32)(H,28,29,33)/t25-/m0/s1. The number of anilines is 2. The van der Waals surface area contributed by atoms with Crippen LogP contribution in [0.5, 0.6) is 0 Å². The molecule has 3 aromatic rings. The molecular formula is C26H31N5O3. The van der Waals surface area contributed by atoms with E-state index in [2.05, 4.69) is 25.6 Å². The highest BCUT2D eigenvalue weighted by Gasteiger charge is 2.31. The Hall–Kier alpha value is -3.49. The Morgan fingerprint density at radius 1 is 0.971 bits per heavy atom. The smallest absolute Gasteiger partial charge is 0.247 e. The second-order valence-corrected chi connectivity index (χ2v) is 8.73. The maximum Gasteiger partial charge on any atom is 0.247 e. The highest BCUT2D eigenvalue weighted by molar-refractivity contribution is 5.95. The first-order chi connectivity index (χ1) is 16.4. The van der Waals surface area contributed by atoms with Gasteiger partial charge in [-0.3, -0.25) is 19.4 Å². The third-order valence-corrected chi connectivity index (χ3v) is 6.26. The van der Waals surface area contributed by atoms with E-state index in [-0.39, 0.29) is 11.8 Å². The van der Waals surface area contributed by atoms with Crippen molar-refractivity contribution in [2.24, 2.45) is 0 Å². The molecule has 178 valence electrons. The third kappa shape index (κ3) is 5.70. The van der Waals surface area contributed by atoms with E-state index in [0.29, 0.717) is 44.3 Å². The van der Waals surface area contributed by atoms with Crippen molar-refractivity contribution in [3.8, 4) is 0 Å². The molecule has 1 aromatic heterocycles. The minimum absolute atomic E-state index is 0.0269. The number of carbonyl (C=O) groups is 2. The van der Waals surface area contributed by atoms with Gasteiger partial charge in [0.15, 0.2) is 5.82 Å². The van der Waals surface area contributed by atoms with Crippen molar-refractivity contribution in [2.75, 3.05) is 43.4 Å². The fraction of sp³-hybridized carbons (Fsp3) is 0.346. The maximum absolute atomic E-state index is 13.2. The summed E-state index contributed by atoms with van der Waals surface area (Å²) in [6.07, 6.45) is 0. The van der Waals surface area contributed by atoms with E-state index in [1.807, 2.05) is 62.4 Å². The van der Waals surface area contributed by atoms with Crippen LogP contribution in [-0.4, -0.2) is 59.5 Å². The van der Waals surface area contributed by atoms with Crippen LogP contribution in [0.15, 0.2) is 59.1 Å². The maximum atomic E-state index is 13.2. The van der Waals surface area contributed by atoms with Crippen LogP contribution in [0.2, 0.25) is 0 Å². The summed E-state index contributed by atoms with van der Waals surface area (Å²) in [5, 5.41) is 9.80. The zero-order valence-electron chi connectivity index (χ0n) is 19.9. The first-order valence-corrected chi connectivity index (χ1v) is 11.5. The number of aromatic nitrogens is 1. The lowest BCUT2D eigenvalue weighted by Gasteiger charge is -2.38. The molecular weight excluding hydrogens is 430 g/mol. The largest absolute Gasteiger partial charge is 0.360 e. The van der Waals surface area contributed by atoms with Gasteiger partial charge < -0.3 is 15.2 Å². The Balaban J connectivity index is 1.38. The van der Waals surface area contributed by atoms with E-state index in [9.17, 15) is 9.59 Å². The van der Waals surface area contributed by atoms with E-state index in [0.717, 1.165) is 22.4 Å². The summed E-state index contributed by atoms with van der Waals surface area (Å²) in [5.74, 6) is 0.867. The Labute approximate surface area is 199 Å². The summed E-state index contributed by atoms with van der Waals surface area (Å²) in [4.78, 5) is 30.2. The van der Waals surface area contributed by atoms with Crippen molar-refractivity contribution in [2.45, 2.75) is 26.8 Å². The molecule has 8 nitrogen and oxygen atoms in total. The lowest BCUT2D eigenvalue weighted by atomic mass is 10.0. The van der Waals surface area contributed by atoms with Gasteiger partial charge in [0, 0.05) is 37.9 Å². The molecule has 4 rings (SSSR count). The summed E-state index contributed by atoms with van der Waals surface area (Å²) < 4.78 is 5.08. The number of rotatable bonds is 7. The fourth-order valence-corrected chi connectivity index (χ4v) is 4.24. The van der Waals surface area contributed by atoms with E-state index < -0.39 is 6.04 Å². The number of aryl methyl sites for hydroxylation is 2. The average Bonchev–Trinajstić information content (AvgIpc) is 3.23. The molecule has 34 heavy (non-hydrogen) atoms. The van der Waals surface area contributed by atoms with Gasteiger partial charge >= 0.3 is 0 Å². The lowest BCUT2D eigenvalue weighted by Crippen LogP contribution is -2.51. The molecule has 1 aliphatic rings. The first kappa shape index (κ1) is 23.7. The van der Waals surface area contributed by atoms with Crippen LogP contribution in [0.4, 0.5) is 11.5 Å². The molecule has 0 saturated carbocycles. The summed E-state index contributed by atoms with van der Waals surface area (Å²) >= 11 is 0. The zero-order chi connectivity index (χ0) is 24.1. The van der Waals surface area contributed by atoms with E-state index in [1.165, 1.54) is 0 Å². The molecule has 0 spiro atoms. The second-order valence-electron chi connectivity index (χ2n) is 8.73. The second kappa shape index (κ2) is 10.6. The van der Waals surface area contributed by atoms with Gasteiger partial charge in [-0.15, -0.1) is 0 Å². The minimum atomic E-state index is -0.455. The fourth-order valence-electron chi connectivity index (χ4n) is 4.24. The van der Waals surface area contributed by atoms with E-state index >= 15 is 0 Å². The molecule has 0 bridgehead atoms. The Bertz CT molecular complexity index is 1140. The molecule has 2 aromatic carbocycles. The van der Waals surface area contributed by atoms with Gasteiger partial charge in [-0.2, -0.15) is 0 Å². The van der Waals surface area contributed by atoms with Crippen LogP contribution in [0.25, 0.3) is 0 Å². The number of nitrogens with one attached hydrogen (secondary N) is 2. The van der Waals surface area contributed by atoms with E-state index in [1.54, 1.807) is 13.0 Å². The number of nitrogens with zero attached hydrogens (tertiary/aromatic N) is 3. The molecule has 1 atom stereocenters. The average molecular weight is 462 g/mol. The quantitative estimate of drug-likeness (QED) is 0.559. The van der Waals surface area contributed by atoms with Gasteiger partial charge in [0.05, 0.1) is 6.54 Å². The number of hydrogen-bond acceptors (Lipinski definition) is 6. The van der Waals surface area contributed by atoms with Gasteiger partial charge in [-0.25, -0.2) is 0 Å². The highest BCUT2D eigenvalue weighted by Crippen LogP contribution is 2.24. The van der Waals surface area contributed by atoms with Gasteiger partial charge in [-0.1, -0.05) is 47.6 Å². The Morgan fingerprint density at radius 3 is 2.38 bits per heavy atom. The SMILES string of the molecule is Cc1cc(NC(=O)[C@H](c2ccccc2)N2CCN(CC(=O)Nc3cccc(C)c3C)CC2)no1. The van der Waals surface area contributed by atoms with Crippen molar-refractivity contribution in [3.05, 3.63) is 77.0 Å². The molecule has 0 aliphatic carbocycles. The van der Waals surface area contributed by atoms with Crippen molar-refractivity contribution < 1.29 is 14.1 Å². The first-order valence-electron chi connectivity index (χ1n) is 11.5. The van der Waals surface area contributed by atoms with Gasteiger partial charge in [0.2, 0.25) is 11.8 Å². The predicted octanol–water partition coefficient (Wildman–Crippen LogP) is 3.54. The molecule has 2 amide bonds. The molecule has 1 fully saturated rings. The third-order valence-electron chi connectivity index (χ3n) is 6.26. The molecule has 0 unspecified atom stereocenters. The lowest BCUT2D eigenvalue weighted by molar-refractivity contribution is -0.123. The molecule has 0 radical (unpaired) electrons. The number of piperazine rings is 1. The number of benzene rings is 2. The van der Waals surface area contributed by atoms with E-state index in [4.69, 9.17) is 4.52 Å². The van der Waals surface area contributed by atoms with Crippen LogP contribution in [0.1, 0.15) is 28.5 Å². The van der Waals surface area contributed by atoms with Crippen molar-refractivity contribution in [1.29, 1.82) is 0 Å². The molecule has 8 heteroatoms. The van der Waals surface area contributed by atoms with Gasteiger partial charge in [0.1, 0.15) is 11.8 Å². The van der Waals surface area contributed by atoms with Gasteiger partial charge in [0.25, 0.3) is 0 Å². The predicted molar refractivity (Wildman–Crippen MR) is 132 cm³/mol. The molecule has 1 saturated heterocycles. The summed E-state index contributed by atoms with van der Waals surface area (Å²) in [7, 11) is 0. The zero-order valence-corrected chi connectivity index (χ0v) is 19.9. The van der Waals surface area contributed by atoms with Crippen LogP contribution in [0, 0.1) is 20.8 Å². The van der Waals surface area contributed by atoms with Crippen LogP contribution < -0.4 is 10.6 Å². The Morgan fingerprint density at radius 2 is 1.71 bits per heavy atom. The van der Waals surface area contributed by atoms with Crippen LogP contribution >= 0.6 is 0 Å². The van der Waals surface area contributed by atoms with Crippen LogP contribution in [0.3, 0.4) is 0 Å². The Kier molecular flexibility index (Phi) is 7.40. The summed E-state index contributed by atoms with van der Waals surface area (Å²) in [5.41, 5.74) is 4.01. The molecule has 2 N–H and O–H groups in total. The molecule has 2 heterocycles.